The number of hydrogen-bond acceptors (Lipinski definition) is 3. The van der Waals surface area contributed by atoms with Gasteiger partial charge in [0.05, 0.1) is 6.26 Å². The summed E-state index contributed by atoms with van der Waals surface area (Å²) >= 11 is 0. The zero-order valence-electron chi connectivity index (χ0n) is 9.79. The molecule has 86 valence electrons. The minimum absolute atomic E-state index is 0.519. The molecule has 3 heteroatoms. The van der Waals surface area contributed by atoms with Crippen LogP contribution >= 0.6 is 0 Å². The van der Waals surface area contributed by atoms with Crippen molar-refractivity contribution >= 4 is 0 Å². The Morgan fingerprint density at radius 3 is 2.87 bits per heavy atom. The molecule has 0 saturated heterocycles. The van der Waals surface area contributed by atoms with Gasteiger partial charge in [-0.3, -0.25) is 0 Å². The van der Waals surface area contributed by atoms with Gasteiger partial charge in [-0.15, -0.1) is 0 Å². The molecule has 15 heavy (non-hydrogen) atoms. The van der Waals surface area contributed by atoms with Crippen molar-refractivity contribution < 1.29 is 9.52 Å². The fourth-order valence-corrected chi connectivity index (χ4v) is 1.38. The van der Waals surface area contributed by atoms with E-state index in [2.05, 4.69) is 19.2 Å². The molecular weight excluding hydrogens is 190 g/mol. The normalized spacial score (nSPS) is 17.3. The quantitative estimate of drug-likeness (QED) is 0.757. The molecule has 1 heterocycles. The van der Waals surface area contributed by atoms with Crippen molar-refractivity contribution in [1.29, 1.82) is 0 Å². The number of furan rings is 1. The highest BCUT2D eigenvalue weighted by Gasteiger charge is 2.25. The van der Waals surface area contributed by atoms with E-state index in [1.165, 1.54) is 0 Å². The third-order valence-electron chi connectivity index (χ3n) is 2.71. The summed E-state index contributed by atoms with van der Waals surface area (Å²) in [5, 5.41) is 13.4. The molecule has 1 aromatic rings. The van der Waals surface area contributed by atoms with Crippen LogP contribution in [0.25, 0.3) is 0 Å². The maximum Gasteiger partial charge on any atom is 0.136 e. The maximum absolute atomic E-state index is 10.1. The summed E-state index contributed by atoms with van der Waals surface area (Å²) < 4.78 is 5.19. The zero-order valence-corrected chi connectivity index (χ0v) is 9.79. The third kappa shape index (κ3) is 3.68. The molecule has 0 radical (unpaired) electrons. The summed E-state index contributed by atoms with van der Waals surface area (Å²) in [4.78, 5) is 0. The van der Waals surface area contributed by atoms with E-state index in [0.29, 0.717) is 18.2 Å². The summed E-state index contributed by atoms with van der Waals surface area (Å²) in [6.07, 6.45) is 2.73. The molecule has 0 bridgehead atoms. The molecular formula is C12H21NO2. The number of hydrogen-bond donors (Lipinski definition) is 2. The summed E-state index contributed by atoms with van der Waals surface area (Å²) in [7, 11) is 0. The third-order valence-corrected chi connectivity index (χ3v) is 2.71. The van der Waals surface area contributed by atoms with Crippen LogP contribution in [0.5, 0.6) is 0 Å². The van der Waals surface area contributed by atoms with Crippen molar-refractivity contribution in [1.82, 2.24) is 5.32 Å². The van der Waals surface area contributed by atoms with Crippen LogP contribution in [0, 0.1) is 5.92 Å². The van der Waals surface area contributed by atoms with Gasteiger partial charge >= 0.3 is 0 Å². The maximum atomic E-state index is 10.1. The molecule has 0 aromatic carbocycles. The van der Waals surface area contributed by atoms with E-state index >= 15 is 0 Å². The van der Waals surface area contributed by atoms with Crippen molar-refractivity contribution in [2.75, 3.05) is 13.1 Å². The van der Waals surface area contributed by atoms with Crippen LogP contribution in [0.4, 0.5) is 0 Å². The Morgan fingerprint density at radius 2 is 2.33 bits per heavy atom. The average Bonchev–Trinajstić information content (AvgIpc) is 2.70. The Morgan fingerprint density at radius 1 is 1.60 bits per heavy atom. The van der Waals surface area contributed by atoms with E-state index in [-0.39, 0.29) is 0 Å². The Hall–Kier alpha value is -0.800. The van der Waals surface area contributed by atoms with E-state index in [4.69, 9.17) is 4.42 Å². The van der Waals surface area contributed by atoms with Gasteiger partial charge in [0, 0.05) is 6.54 Å². The van der Waals surface area contributed by atoms with Gasteiger partial charge in [-0.2, -0.15) is 0 Å². The monoisotopic (exact) mass is 211 g/mol. The molecule has 0 fully saturated rings. The molecule has 2 unspecified atom stereocenters. The Labute approximate surface area is 91.5 Å². The van der Waals surface area contributed by atoms with Crippen LogP contribution < -0.4 is 5.32 Å². The molecule has 0 aliphatic rings. The fourth-order valence-electron chi connectivity index (χ4n) is 1.38. The fraction of sp³-hybridized carbons (Fsp3) is 0.667. The first-order valence-electron chi connectivity index (χ1n) is 5.53. The molecule has 1 aromatic heterocycles. The van der Waals surface area contributed by atoms with Crippen molar-refractivity contribution in [3.8, 4) is 0 Å². The lowest BCUT2D eigenvalue weighted by molar-refractivity contribution is 0.0337. The van der Waals surface area contributed by atoms with Crippen LogP contribution in [0.2, 0.25) is 0 Å². The lowest BCUT2D eigenvalue weighted by Crippen LogP contribution is -2.36. The lowest BCUT2D eigenvalue weighted by atomic mass is 10.0. The molecule has 0 spiro atoms. The number of rotatable bonds is 6. The minimum Gasteiger partial charge on any atom is -0.466 e. The molecule has 2 N–H and O–H groups in total. The highest BCUT2D eigenvalue weighted by molar-refractivity contribution is 5.08. The van der Waals surface area contributed by atoms with Gasteiger partial charge in [0.25, 0.3) is 0 Å². The van der Waals surface area contributed by atoms with Gasteiger partial charge in [-0.05, 0) is 31.5 Å². The van der Waals surface area contributed by atoms with Crippen molar-refractivity contribution in [3.05, 3.63) is 24.2 Å². The van der Waals surface area contributed by atoms with E-state index in [1.54, 1.807) is 25.3 Å². The van der Waals surface area contributed by atoms with Gasteiger partial charge in [0.1, 0.15) is 11.4 Å². The van der Waals surface area contributed by atoms with Crippen molar-refractivity contribution in [2.45, 2.75) is 32.8 Å². The Balaban J connectivity index is 2.37. The van der Waals surface area contributed by atoms with Crippen LogP contribution in [-0.2, 0) is 5.60 Å². The second-order valence-corrected chi connectivity index (χ2v) is 4.40. The summed E-state index contributed by atoms with van der Waals surface area (Å²) in [6.45, 7) is 7.55. The van der Waals surface area contributed by atoms with Crippen molar-refractivity contribution in [2.24, 2.45) is 5.92 Å². The number of aliphatic hydroxyl groups is 1. The first-order chi connectivity index (χ1) is 7.06. The smallest absolute Gasteiger partial charge is 0.136 e. The second kappa shape index (κ2) is 5.33. The van der Waals surface area contributed by atoms with Gasteiger partial charge in [0.2, 0.25) is 0 Å². The SMILES string of the molecule is CCC(C)CNCC(C)(O)c1ccco1. The van der Waals surface area contributed by atoms with E-state index in [0.717, 1.165) is 13.0 Å². The average molecular weight is 211 g/mol. The summed E-state index contributed by atoms with van der Waals surface area (Å²) in [5.74, 6) is 1.25. The molecule has 0 aliphatic carbocycles. The molecule has 2 atom stereocenters. The van der Waals surface area contributed by atoms with Gasteiger partial charge in [-0.25, -0.2) is 0 Å². The first-order valence-corrected chi connectivity index (χ1v) is 5.53. The molecule has 1 rings (SSSR count). The number of nitrogens with one attached hydrogen (secondary N) is 1. The van der Waals surface area contributed by atoms with E-state index < -0.39 is 5.60 Å². The predicted molar refractivity (Wildman–Crippen MR) is 60.6 cm³/mol. The second-order valence-electron chi connectivity index (χ2n) is 4.40. The minimum atomic E-state index is -0.920. The molecule has 0 amide bonds. The Kier molecular flexibility index (Phi) is 4.36. The summed E-state index contributed by atoms with van der Waals surface area (Å²) in [6, 6.07) is 3.59. The summed E-state index contributed by atoms with van der Waals surface area (Å²) in [5.41, 5.74) is -0.920. The standard InChI is InChI=1S/C12H21NO2/c1-4-10(2)8-13-9-12(3,14)11-6-5-7-15-11/h5-7,10,13-14H,4,8-9H2,1-3H3. The zero-order chi connectivity index (χ0) is 11.3. The van der Waals surface area contributed by atoms with Gasteiger partial charge in [-0.1, -0.05) is 20.3 Å². The van der Waals surface area contributed by atoms with Crippen LogP contribution in [-0.4, -0.2) is 18.2 Å². The van der Waals surface area contributed by atoms with Gasteiger partial charge in [0.15, 0.2) is 0 Å². The largest absolute Gasteiger partial charge is 0.466 e. The van der Waals surface area contributed by atoms with Gasteiger partial charge < -0.3 is 14.8 Å². The predicted octanol–water partition coefficient (Wildman–Crippen LogP) is 2.12. The van der Waals surface area contributed by atoms with Crippen LogP contribution in [0.15, 0.2) is 22.8 Å². The molecule has 0 aliphatic heterocycles. The van der Waals surface area contributed by atoms with Crippen LogP contribution in [0.3, 0.4) is 0 Å². The lowest BCUT2D eigenvalue weighted by Gasteiger charge is -2.22. The van der Waals surface area contributed by atoms with Crippen molar-refractivity contribution in [3.63, 3.8) is 0 Å². The van der Waals surface area contributed by atoms with E-state index in [9.17, 15) is 5.11 Å². The Bertz CT molecular complexity index is 267. The highest BCUT2D eigenvalue weighted by atomic mass is 16.4. The molecule has 3 nitrogen and oxygen atoms in total. The van der Waals surface area contributed by atoms with Crippen LogP contribution in [0.1, 0.15) is 33.0 Å². The highest BCUT2D eigenvalue weighted by Crippen LogP contribution is 2.19. The van der Waals surface area contributed by atoms with E-state index in [1.807, 2.05) is 0 Å². The topological polar surface area (TPSA) is 45.4 Å². The first kappa shape index (κ1) is 12.3. The molecule has 0 saturated carbocycles.